The van der Waals surface area contributed by atoms with Crippen LogP contribution in [0.1, 0.15) is 32.6 Å². The summed E-state index contributed by atoms with van der Waals surface area (Å²) in [6.45, 7) is 2.28. The molecule has 0 heterocycles. The number of hydrogen-bond acceptors (Lipinski definition) is 2. The summed E-state index contributed by atoms with van der Waals surface area (Å²) in [6.07, 6.45) is 5.57. The summed E-state index contributed by atoms with van der Waals surface area (Å²) < 4.78 is 0. The Morgan fingerprint density at radius 3 is 2.64 bits per heavy atom. The Bertz CT molecular complexity index is 142. The first kappa shape index (κ1) is 7.56. The van der Waals surface area contributed by atoms with Gasteiger partial charge in [0.05, 0.1) is 0 Å². The normalized spacial score (nSPS) is 38.7. The van der Waals surface area contributed by atoms with Gasteiger partial charge in [-0.1, -0.05) is 13.3 Å². The van der Waals surface area contributed by atoms with Crippen molar-refractivity contribution < 1.29 is 0 Å². The zero-order valence-corrected chi connectivity index (χ0v) is 7.22. The van der Waals surface area contributed by atoms with E-state index >= 15 is 0 Å². The van der Waals surface area contributed by atoms with E-state index < -0.39 is 0 Å². The van der Waals surface area contributed by atoms with Crippen LogP contribution in [-0.4, -0.2) is 6.04 Å². The van der Waals surface area contributed by atoms with Crippen LogP contribution in [0.15, 0.2) is 0 Å². The van der Waals surface area contributed by atoms with Gasteiger partial charge in [0.2, 0.25) is 0 Å². The Morgan fingerprint density at radius 1 is 1.55 bits per heavy atom. The van der Waals surface area contributed by atoms with Crippen molar-refractivity contribution in [2.24, 2.45) is 23.6 Å². The fraction of sp³-hybridized carbons (Fsp3) is 1.00. The van der Waals surface area contributed by atoms with E-state index in [4.69, 9.17) is 5.84 Å². The molecule has 0 bridgehead atoms. The largest absolute Gasteiger partial charge is 0.271 e. The van der Waals surface area contributed by atoms with Crippen molar-refractivity contribution in [3.05, 3.63) is 0 Å². The van der Waals surface area contributed by atoms with Crippen LogP contribution in [-0.2, 0) is 0 Å². The van der Waals surface area contributed by atoms with E-state index in [1.165, 1.54) is 25.7 Å². The maximum Gasteiger partial charge on any atom is 0.0269 e. The predicted octanol–water partition coefficient (Wildman–Crippen LogP) is 1.27. The second kappa shape index (κ2) is 2.76. The van der Waals surface area contributed by atoms with E-state index in [-0.39, 0.29) is 0 Å². The van der Waals surface area contributed by atoms with Crippen molar-refractivity contribution in [3.63, 3.8) is 0 Å². The molecule has 3 N–H and O–H groups in total. The van der Waals surface area contributed by atoms with Crippen molar-refractivity contribution in [1.29, 1.82) is 0 Å². The third kappa shape index (κ3) is 1.42. The predicted molar refractivity (Wildman–Crippen MR) is 45.7 cm³/mol. The molecular weight excluding hydrogens is 136 g/mol. The Hall–Kier alpha value is -0.0800. The maximum absolute atomic E-state index is 5.52. The van der Waals surface area contributed by atoms with Gasteiger partial charge >= 0.3 is 0 Å². The third-order valence-electron chi connectivity index (χ3n) is 3.29. The van der Waals surface area contributed by atoms with Gasteiger partial charge in [-0.25, -0.2) is 0 Å². The summed E-state index contributed by atoms with van der Waals surface area (Å²) in [7, 11) is 0. The molecule has 0 amide bonds. The quantitative estimate of drug-likeness (QED) is 0.473. The summed E-state index contributed by atoms with van der Waals surface area (Å²) >= 11 is 0. The molecule has 2 aliphatic carbocycles. The number of hydrazine groups is 1. The number of rotatable bonds is 4. The first-order valence-corrected chi connectivity index (χ1v) is 4.83. The van der Waals surface area contributed by atoms with Crippen LogP contribution >= 0.6 is 0 Å². The van der Waals surface area contributed by atoms with Crippen molar-refractivity contribution in [2.45, 2.75) is 38.6 Å². The molecule has 0 aliphatic heterocycles. The second-order valence-electron chi connectivity index (χ2n) is 4.10. The minimum absolute atomic E-state index is 0.653. The lowest BCUT2D eigenvalue weighted by Gasteiger charge is -2.13. The molecule has 3 atom stereocenters. The van der Waals surface area contributed by atoms with Crippen molar-refractivity contribution in [1.82, 2.24) is 5.43 Å². The number of hydrogen-bond donors (Lipinski definition) is 2. The minimum Gasteiger partial charge on any atom is -0.271 e. The minimum atomic E-state index is 0.653. The second-order valence-corrected chi connectivity index (χ2v) is 4.10. The lowest BCUT2D eigenvalue weighted by atomic mass is 10.1. The van der Waals surface area contributed by atoms with Crippen LogP contribution in [0.2, 0.25) is 0 Å². The SMILES string of the molecule is CCC1CC1C(NN)C1CC1. The summed E-state index contributed by atoms with van der Waals surface area (Å²) in [5, 5.41) is 0. The highest BCUT2D eigenvalue weighted by Gasteiger charge is 2.46. The number of nitrogens with two attached hydrogens (primary N) is 1. The van der Waals surface area contributed by atoms with Crippen LogP contribution in [0, 0.1) is 17.8 Å². The third-order valence-corrected chi connectivity index (χ3v) is 3.29. The molecule has 2 saturated carbocycles. The molecule has 3 unspecified atom stereocenters. The Balaban J connectivity index is 1.82. The fourth-order valence-corrected chi connectivity index (χ4v) is 2.24. The summed E-state index contributed by atoms with van der Waals surface area (Å²) in [6, 6.07) is 0.653. The van der Waals surface area contributed by atoms with Crippen LogP contribution in [0.5, 0.6) is 0 Å². The van der Waals surface area contributed by atoms with Gasteiger partial charge in [-0.3, -0.25) is 11.3 Å². The monoisotopic (exact) mass is 154 g/mol. The highest BCUT2D eigenvalue weighted by molar-refractivity contribution is 4.99. The average Bonchev–Trinajstić information content (AvgIpc) is 2.82. The first-order chi connectivity index (χ1) is 5.36. The summed E-state index contributed by atoms with van der Waals surface area (Å²) in [5.74, 6) is 8.34. The fourth-order valence-electron chi connectivity index (χ4n) is 2.24. The van der Waals surface area contributed by atoms with Gasteiger partial charge in [0, 0.05) is 6.04 Å². The van der Waals surface area contributed by atoms with Gasteiger partial charge in [0.15, 0.2) is 0 Å². The lowest BCUT2D eigenvalue weighted by molar-refractivity contribution is 0.404. The molecule has 0 aromatic heterocycles. The molecule has 64 valence electrons. The van der Waals surface area contributed by atoms with Gasteiger partial charge in [-0.05, 0) is 37.0 Å². The number of nitrogens with one attached hydrogen (secondary N) is 1. The van der Waals surface area contributed by atoms with Crippen molar-refractivity contribution in [3.8, 4) is 0 Å². The topological polar surface area (TPSA) is 38.0 Å². The molecule has 2 heteroatoms. The molecule has 2 nitrogen and oxygen atoms in total. The first-order valence-electron chi connectivity index (χ1n) is 4.83. The highest BCUT2D eigenvalue weighted by atomic mass is 15.2. The maximum atomic E-state index is 5.52. The van der Waals surface area contributed by atoms with E-state index in [0.29, 0.717) is 6.04 Å². The molecule has 0 spiro atoms. The van der Waals surface area contributed by atoms with E-state index in [9.17, 15) is 0 Å². The Morgan fingerprint density at radius 2 is 2.27 bits per heavy atom. The smallest absolute Gasteiger partial charge is 0.0269 e. The van der Waals surface area contributed by atoms with Crippen LogP contribution in [0.3, 0.4) is 0 Å². The van der Waals surface area contributed by atoms with E-state index in [2.05, 4.69) is 12.3 Å². The average molecular weight is 154 g/mol. The summed E-state index contributed by atoms with van der Waals surface area (Å²) in [5.41, 5.74) is 2.99. The Labute approximate surface area is 68.5 Å². The zero-order valence-electron chi connectivity index (χ0n) is 7.22. The molecule has 0 radical (unpaired) electrons. The molecule has 0 aromatic rings. The van der Waals surface area contributed by atoms with E-state index in [1.807, 2.05) is 0 Å². The van der Waals surface area contributed by atoms with Crippen molar-refractivity contribution in [2.75, 3.05) is 0 Å². The van der Waals surface area contributed by atoms with Crippen LogP contribution < -0.4 is 11.3 Å². The molecule has 2 aliphatic rings. The van der Waals surface area contributed by atoms with Gasteiger partial charge in [-0.2, -0.15) is 0 Å². The highest BCUT2D eigenvalue weighted by Crippen LogP contribution is 2.49. The zero-order chi connectivity index (χ0) is 7.84. The van der Waals surface area contributed by atoms with Crippen molar-refractivity contribution >= 4 is 0 Å². The molecule has 2 fully saturated rings. The molecule has 2 rings (SSSR count). The van der Waals surface area contributed by atoms with Gasteiger partial charge in [0.25, 0.3) is 0 Å². The van der Waals surface area contributed by atoms with E-state index in [0.717, 1.165) is 17.8 Å². The molecule has 0 aromatic carbocycles. The van der Waals surface area contributed by atoms with E-state index in [1.54, 1.807) is 0 Å². The molecule has 0 saturated heterocycles. The standard InChI is InChI=1S/C9H18N2/c1-2-6-5-8(6)9(11-10)7-3-4-7/h6-9,11H,2-5,10H2,1H3. The van der Waals surface area contributed by atoms with Gasteiger partial charge < -0.3 is 0 Å². The molecule has 11 heavy (non-hydrogen) atoms. The van der Waals surface area contributed by atoms with Gasteiger partial charge in [0.1, 0.15) is 0 Å². The summed E-state index contributed by atoms with van der Waals surface area (Å²) in [4.78, 5) is 0. The lowest BCUT2D eigenvalue weighted by Crippen LogP contribution is -2.38. The molecular formula is C9H18N2. The van der Waals surface area contributed by atoms with Crippen LogP contribution in [0.4, 0.5) is 0 Å². The van der Waals surface area contributed by atoms with Gasteiger partial charge in [-0.15, -0.1) is 0 Å². The Kier molecular flexibility index (Phi) is 1.90. The van der Waals surface area contributed by atoms with Crippen LogP contribution in [0.25, 0.3) is 0 Å².